The smallest absolute Gasteiger partial charge is 0.161 e. The van der Waals surface area contributed by atoms with E-state index in [4.69, 9.17) is 34.8 Å². The molecule has 0 aliphatic heterocycles. The largest absolute Gasteiger partial charge is 0.226 e. The van der Waals surface area contributed by atoms with E-state index in [2.05, 4.69) is 9.97 Å². The van der Waals surface area contributed by atoms with Gasteiger partial charge in [-0.3, -0.25) is 0 Å². The molecule has 3 rings (SSSR count). The highest BCUT2D eigenvalue weighted by atomic mass is 35.5. The van der Waals surface area contributed by atoms with Gasteiger partial charge in [-0.05, 0) is 48.9 Å². The van der Waals surface area contributed by atoms with Crippen LogP contribution in [0.1, 0.15) is 5.56 Å². The lowest BCUT2D eigenvalue weighted by Gasteiger charge is -2.07. The van der Waals surface area contributed by atoms with Crippen LogP contribution in [0, 0.1) is 6.92 Å². The van der Waals surface area contributed by atoms with E-state index in [0.717, 1.165) is 16.5 Å². The second-order valence-electron chi connectivity index (χ2n) is 4.49. The Hall–Kier alpha value is -1.35. The molecule has 20 heavy (non-hydrogen) atoms. The third-order valence-corrected chi connectivity index (χ3v) is 3.78. The lowest BCUT2D eigenvalue weighted by atomic mass is 10.1. The maximum atomic E-state index is 6.25. The van der Waals surface area contributed by atoms with Crippen LogP contribution in [0.15, 0.2) is 36.4 Å². The fourth-order valence-electron chi connectivity index (χ4n) is 2.02. The number of rotatable bonds is 1. The number of nitrogens with zero attached hydrogens (tertiary/aromatic N) is 2. The molecule has 0 saturated carbocycles. The van der Waals surface area contributed by atoms with Crippen molar-refractivity contribution in [3.8, 4) is 11.4 Å². The quantitative estimate of drug-likeness (QED) is 0.547. The van der Waals surface area contributed by atoms with Crippen molar-refractivity contribution in [3.63, 3.8) is 0 Å². The molecule has 0 aliphatic carbocycles. The second kappa shape index (κ2) is 5.21. The van der Waals surface area contributed by atoms with E-state index in [1.807, 2.05) is 31.2 Å². The molecule has 2 nitrogen and oxygen atoms in total. The van der Waals surface area contributed by atoms with Crippen molar-refractivity contribution >= 4 is 45.7 Å². The number of benzene rings is 2. The first-order chi connectivity index (χ1) is 9.54. The molecule has 0 N–H and O–H groups in total. The summed E-state index contributed by atoms with van der Waals surface area (Å²) in [5.41, 5.74) is 2.52. The van der Waals surface area contributed by atoms with E-state index in [1.54, 1.807) is 12.1 Å². The van der Waals surface area contributed by atoms with E-state index in [0.29, 0.717) is 26.5 Å². The molecule has 0 aliphatic rings. The van der Waals surface area contributed by atoms with E-state index in [9.17, 15) is 0 Å². The number of aromatic nitrogens is 2. The molecule has 0 spiro atoms. The fourth-order valence-corrected chi connectivity index (χ4v) is 2.68. The Balaban J connectivity index is 2.26. The van der Waals surface area contributed by atoms with Crippen LogP contribution in [0.2, 0.25) is 15.2 Å². The van der Waals surface area contributed by atoms with Gasteiger partial charge in [0.1, 0.15) is 5.15 Å². The fraction of sp³-hybridized carbons (Fsp3) is 0.0667. The van der Waals surface area contributed by atoms with Crippen molar-refractivity contribution in [3.05, 3.63) is 57.2 Å². The van der Waals surface area contributed by atoms with Crippen molar-refractivity contribution in [2.24, 2.45) is 0 Å². The van der Waals surface area contributed by atoms with Gasteiger partial charge >= 0.3 is 0 Å². The Morgan fingerprint density at radius 1 is 0.900 bits per heavy atom. The van der Waals surface area contributed by atoms with E-state index < -0.39 is 0 Å². The summed E-state index contributed by atoms with van der Waals surface area (Å²) < 4.78 is 0. The number of halogens is 3. The van der Waals surface area contributed by atoms with Gasteiger partial charge in [0.2, 0.25) is 0 Å². The lowest BCUT2D eigenvalue weighted by Crippen LogP contribution is -1.93. The third-order valence-electron chi connectivity index (χ3n) is 2.95. The Kier molecular flexibility index (Phi) is 3.55. The highest BCUT2D eigenvalue weighted by molar-refractivity contribution is 6.38. The van der Waals surface area contributed by atoms with Crippen molar-refractivity contribution < 1.29 is 0 Å². The van der Waals surface area contributed by atoms with Crippen molar-refractivity contribution in [2.75, 3.05) is 0 Å². The number of aryl methyl sites for hydroxylation is 1. The minimum atomic E-state index is 0.394. The number of hydrogen-bond acceptors (Lipinski definition) is 2. The van der Waals surface area contributed by atoms with Gasteiger partial charge in [0.15, 0.2) is 5.82 Å². The summed E-state index contributed by atoms with van der Waals surface area (Å²) in [7, 11) is 0. The zero-order valence-electron chi connectivity index (χ0n) is 10.5. The average Bonchev–Trinajstić information content (AvgIpc) is 2.40. The molecule has 1 heterocycles. The summed E-state index contributed by atoms with van der Waals surface area (Å²) >= 11 is 18.4. The Bertz CT molecular complexity index is 798. The Morgan fingerprint density at radius 3 is 2.30 bits per heavy atom. The molecule has 5 heteroatoms. The maximum Gasteiger partial charge on any atom is 0.161 e. The molecular weight excluding hydrogens is 315 g/mol. The SMILES string of the molecule is Cc1cc(Cl)c2nc(-c3ccc(Cl)cc3)nc(Cl)c2c1. The van der Waals surface area contributed by atoms with E-state index >= 15 is 0 Å². The highest BCUT2D eigenvalue weighted by Crippen LogP contribution is 2.30. The molecule has 2 aromatic carbocycles. The summed E-state index contributed by atoms with van der Waals surface area (Å²) in [6.45, 7) is 1.95. The van der Waals surface area contributed by atoms with Crippen molar-refractivity contribution in [2.45, 2.75) is 6.92 Å². The van der Waals surface area contributed by atoms with Crippen LogP contribution in [-0.4, -0.2) is 9.97 Å². The molecule has 0 amide bonds. The van der Waals surface area contributed by atoms with Gasteiger partial charge in [0.25, 0.3) is 0 Å². The third kappa shape index (κ3) is 2.47. The number of fused-ring (bicyclic) bond motifs is 1. The molecule has 0 atom stereocenters. The van der Waals surface area contributed by atoms with Gasteiger partial charge in [0.05, 0.1) is 10.5 Å². The number of hydrogen-bond donors (Lipinski definition) is 0. The lowest BCUT2D eigenvalue weighted by molar-refractivity contribution is 1.22. The van der Waals surface area contributed by atoms with Gasteiger partial charge < -0.3 is 0 Å². The minimum absolute atomic E-state index is 0.394. The van der Waals surface area contributed by atoms with Crippen LogP contribution >= 0.6 is 34.8 Å². The van der Waals surface area contributed by atoms with Crippen LogP contribution in [0.25, 0.3) is 22.3 Å². The predicted molar refractivity (Wildman–Crippen MR) is 84.7 cm³/mol. The Labute approximate surface area is 131 Å². The molecule has 0 radical (unpaired) electrons. The van der Waals surface area contributed by atoms with Gasteiger partial charge in [-0.25, -0.2) is 9.97 Å². The van der Waals surface area contributed by atoms with Crippen LogP contribution in [0.3, 0.4) is 0 Å². The molecule has 0 saturated heterocycles. The van der Waals surface area contributed by atoms with E-state index in [-0.39, 0.29) is 0 Å². The monoisotopic (exact) mass is 322 g/mol. The standard InChI is InChI=1S/C15H9Cl3N2/c1-8-6-11-13(12(17)7-8)19-15(20-14(11)18)9-2-4-10(16)5-3-9/h2-7H,1H3. The van der Waals surface area contributed by atoms with Crippen molar-refractivity contribution in [1.29, 1.82) is 0 Å². The summed E-state index contributed by atoms with van der Waals surface area (Å²) in [5, 5.41) is 2.38. The highest BCUT2D eigenvalue weighted by Gasteiger charge is 2.11. The first kappa shape index (κ1) is 13.6. The predicted octanol–water partition coefficient (Wildman–Crippen LogP) is 5.57. The van der Waals surface area contributed by atoms with E-state index in [1.165, 1.54) is 0 Å². The zero-order chi connectivity index (χ0) is 14.3. The molecular formula is C15H9Cl3N2. The summed E-state index contributed by atoms with van der Waals surface area (Å²) in [5.74, 6) is 0.532. The Morgan fingerprint density at radius 2 is 1.60 bits per heavy atom. The zero-order valence-corrected chi connectivity index (χ0v) is 12.8. The topological polar surface area (TPSA) is 25.8 Å². The van der Waals surface area contributed by atoms with Gasteiger partial charge in [-0.2, -0.15) is 0 Å². The molecule has 0 unspecified atom stereocenters. The first-order valence-electron chi connectivity index (χ1n) is 5.94. The van der Waals surface area contributed by atoms with Crippen molar-refractivity contribution in [1.82, 2.24) is 9.97 Å². The molecule has 100 valence electrons. The van der Waals surface area contributed by atoms with Crippen LogP contribution in [-0.2, 0) is 0 Å². The normalized spacial score (nSPS) is 11.0. The molecule has 0 fully saturated rings. The maximum absolute atomic E-state index is 6.25. The van der Waals surface area contributed by atoms with Crippen LogP contribution in [0.5, 0.6) is 0 Å². The summed E-state index contributed by atoms with van der Waals surface area (Å²) in [6.07, 6.45) is 0. The molecule has 0 bridgehead atoms. The second-order valence-corrected chi connectivity index (χ2v) is 5.69. The minimum Gasteiger partial charge on any atom is -0.226 e. The van der Waals surface area contributed by atoms with Crippen LogP contribution < -0.4 is 0 Å². The summed E-state index contributed by atoms with van der Waals surface area (Å²) in [6, 6.07) is 11.1. The van der Waals surface area contributed by atoms with Gasteiger partial charge in [-0.15, -0.1) is 0 Å². The summed E-state index contributed by atoms with van der Waals surface area (Å²) in [4.78, 5) is 8.84. The first-order valence-corrected chi connectivity index (χ1v) is 7.07. The van der Waals surface area contributed by atoms with Gasteiger partial charge in [-0.1, -0.05) is 34.8 Å². The molecule has 1 aromatic heterocycles. The van der Waals surface area contributed by atoms with Crippen LogP contribution in [0.4, 0.5) is 0 Å². The van der Waals surface area contributed by atoms with Gasteiger partial charge in [0, 0.05) is 16.0 Å². The molecule has 3 aromatic rings. The average molecular weight is 324 g/mol.